The van der Waals surface area contributed by atoms with Crippen molar-refractivity contribution in [2.45, 2.75) is 50.7 Å². The third kappa shape index (κ3) is 3.63. The molecule has 1 heterocycles. The van der Waals surface area contributed by atoms with Crippen molar-refractivity contribution < 1.29 is 5.11 Å². The Balaban J connectivity index is 1.76. The topological polar surface area (TPSA) is 32.3 Å². The molecule has 2 atom stereocenters. The minimum Gasteiger partial charge on any atom is -0.390 e. The Bertz CT molecular complexity index is 594. The molecule has 2 aromatic rings. The summed E-state index contributed by atoms with van der Waals surface area (Å²) in [5, 5.41) is 16.9. The minimum atomic E-state index is -0.654. The molecule has 0 amide bonds. The van der Waals surface area contributed by atoms with Gasteiger partial charge in [0.1, 0.15) is 0 Å². The Morgan fingerprint density at radius 3 is 2.76 bits per heavy atom. The molecular weight excluding hydrogens is 258 g/mol. The zero-order chi connectivity index (χ0) is 14.7. The summed E-state index contributed by atoms with van der Waals surface area (Å²) in [6, 6.07) is 15.3. The predicted octanol–water partition coefficient (Wildman–Crippen LogP) is 3.67. The third-order valence-corrected chi connectivity index (χ3v) is 4.55. The van der Waals surface area contributed by atoms with E-state index in [1.54, 1.807) is 0 Å². The molecule has 3 rings (SSSR count). The van der Waals surface area contributed by atoms with Crippen LogP contribution in [-0.2, 0) is 6.42 Å². The fraction of sp³-hybridized carbons (Fsp3) is 0.474. The third-order valence-electron chi connectivity index (χ3n) is 4.55. The van der Waals surface area contributed by atoms with Crippen molar-refractivity contribution in [1.29, 1.82) is 0 Å². The smallest absolute Gasteiger partial charge is 0.0675 e. The van der Waals surface area contributed by atoms with Gasteiger partial charge in [0.2, 0.25) is 0 Å². The summed E-state index contributed by atoms with van der Waals surface area (Å²) in [5.74, 6) is 0. The lowest BCUT2D eigenvalue weighted by atomic mass is 9.86. The van der Waals surface area contributed by atoms with Crippen LogP contribution >= 0.6 is 0 Å². The van der Waals surface area contributed by atoms with E-state index in [-0.39, 0.29) is 0 Å². The molecule has 0 spiro atoms. The van der Waals surface area contributed by atoms with Crippen molar-refractivity contribution in [3.8, 4) is 0 Å². The number of hydrogen-bond donors (Lipinski definition) is 2. The summed E-state index contributed by atoms with van der Waals surface area (Å²) in [7, 11) is 0. The average Bonchev–Trinajstić information content (AvgIpc) is 2.48. The lowest BCUT2D eigenvalue weighted by molar-refractivity contribution is 0.0374. The van der Waals surface area contributed by atoms with Crippen molar-refractivity contribution >= 4 is 10.8 Å². The number of piperidine rings is 1. The van der Waals surface area contributed by atoms with Crippen LogP contribution in [0.5, 0.6) is 0 Å². The van der Waals surface area contributed by atoms with Crippen LogP contribution in [0.25, 0.3) is 10.8 Å². The molecule has 2 N–H and O–H groups in total. The number of fused-ring (bicyclic) bond motifs is 1. The molecule has 2 aromatic carbocycles. The number of nitrogens with one attached hydrogen (secondary N) is 1. The van der Waals surface area contributed by atoms with E-state index in [0.29, 0.717) is 12.5 Å². The van der Waals surface area contributed by atoms with E-state index >= 15 is 0 Å². The second kappa shape index (κ2) is 6.17. The van der Waals surface area contributed by atoms with Crippen molar-refractivity contribution in [3.05, 3.63) is 48.0 Å². The van der Waals surface area contributed by atoms with Crippen LogP contribution < -0.4 is 5.32 Å². The minimum absolute atomic E-state index is 0.462. The molecule has 2 nitrogen and oxygen atoms in total. The molecule has 2 unspecified atom stereocenters. The van der Waals surface area contributed by atoms with E-state index in [1.165, 1.54) is 35.6 Å². The van der Waals surface area contributed by atoms with Gasteiger partial charge >= 0.3 is 0 Å². The zero-order valence-corrected chi connectivity index (χ0v) is 12.8. The standard InChI is InChI=1S/C19H25NO/c1-19(21,14-17-10-4-5-12-20-17)13-16-9-6-8-15-7-2-3-11-18(15)16/h2-3,6-9,11,17,20-21H,4-5,10,12-14H2,1H3. The maximum absolute atomic E-state index is 10.8. The highest BCUT2D eigenvalue weighted by Gasteiger charge is 2.27. The summed E-state index contributed by atoms with van der Waals surface area (Å²) in [5.41, 5.74) is 0.591. The average molecular weight is 283 g/mol. The van der Waals surface area contributed by atoms with Crippen LogP contribution in [0.2, 0.25) is 0 Å². The van der Waals surface area contributed by atoms with Gasteiger partial charge in [0.25, 0.3) is 0 Å². The van der Waals surface area contributed by atoms with Gasteiger partial charge in [-0.1, -0.05) is 48.9 Å². The first-order chi connectivity index (χ1) is 10.1. The fourth-order valence-electron chi connectivity index (χ4n) is 3.56. The van der Waals surface area contributed by atoms with E-state index in [2.05, 4.69) is 47.8 Å². The Morgan fingerprint density at radius 1 is 1.14 bits per heavy atom. The Labute approximate surface area is 127 Å². The van der Waals surface area contributed by atoms with Crippen molar-refractivity contribution in [2.75, 3.05) is 6.54 Å². The molecule has 1 saturated heterocycles. The monoisotopic (exact) mass is 283 g/mol. The van der Waals surface area contributed by atoms with Gasteiger partial charge in [-0.05, 0) is 49.1 Å². The fourth-order valence-corrected chi connectivity index (χ4v) is 3.56. The number of aliphatic hydroxyl groups is 1. The Kier molecular flexibility index (Phi) is 4.27. The van der Waals surface area contributed by atoms with Crippen LogP contribution in [0.1, 0.15) is 38.2 Å². The summed E-state index contributed by atoms with van der Waals surface area (Å²) in [6.45, 7) is 3.07. The molecular formula is C19H25NO. The molecule has 2 heteroatoms. The molecule has 21 heavy (non-hydrogen) atoms. The SMILES string of the molecule is CC(O)(Cc1cccc2ccccc12)CC1CCCCN1. The summed E-state index contributed by atoms with van der Waals surface area (Å²) in [6.07, 6.45) is 5.28. The van der Waals surface area contributed by atoms with Crippen molar-refractivity contribution in [1.82, 2.24) is 5.32 Å². The van der Waals surface area contributed by atoms with Crippen LogP contribution in [0.15, 0.2) is 42.5 Å². The zero-order valence-electron chi connectivity index (χ0n) is 12.8. The van der Waals surface area contributed by atoms with Crippen LogP contribution in [0.3, 0.4) is 0 Å². The highest BCUT2D eigenvalue weighted by Crippen LogP contribution is 2.26. The summed E-state index contributed by atoms with van der Waals surface area (Å²) in [4.78, 5) is 0. The normalized spacial score (nSPS) is 22.1. The molecule has 1 aliphatic heterocycles. The number of benzene rings is 2. The molecule has 1 aliphatic rings. The second-order valence-electron chi connectivity index (χ2n) is 6.66. The van der Waals surface area contributed by atoms with Crippen LogP contribution in [-0.4, -0.2) is 23.3 Å². The quantitative estimate of drug-likeness (QED) is 0.897. The summed E-state index contributed by atoms with van der Waals surface area (Å²) >= 11 is 0. The Morgan fingerprint density at radius 2 is 1.95 bits per heavy atom. The van der Waals surface area contributed by atoms with E-state index in [4.69, 9.17) is 0 Å². The summed E-state index contributed by atoms with van der Waals surface area (Å²) < 4.78 is 0. The van der Waals surface area contributed by atoms with Gasteiger partial charge in [-0.15, -0.1) is 0 Å². The van der Waals surface area contributed by atoms with Crippen molar-refractivity contribution in [2.24, 2.45) is 0 Å². The maximum atomic E-state index is 10.8. The van der Waals surface area contributed by atoms with Crippen molar-refractivity contribution in [3.63, 3.8) is 0 Å². The first-order valence-corrected chi connectivity index (χ1v) is 8.06. The van der Waals surface area contributed by atoms with Gasteiger partial charge in [0.05, 0.1) is 5.60 Å². The Hall–Kier alpha value is -1.38. The first kappa shape index (κ1) is 14.6. The molecule has 0 aromatic heterocycles. The highest BCUT2D eigenvalue weighted by molar-refractivity contribution is 5.85. The van der Waals surface area contributed by atoms with Gasteiger partial charge in [0.15, 0.2) is 0 Å². The second-order valence-corrected chi connectivity index (χ2v) is 6.66. The van der Waals surface area contributed by atoms with Gasteiger partial charge in [0, 0.05) is 12.5 Å². The number of rotatable bonds is 4. The predicted molar refractivity (Wildman–Crippen MR) is 88.5 cm³/mol. The van der Waals surface area contributed by atoms with E-state index in [9.17, 15) is 5.11 Å². The van der Waals surface area contributed by atoms with E-state index in [1.807, 2.05) is 6.92 Å². The van der Waals surface area contributed by atoms with Gasteiger partial charge in [-0.2, -0.15) is 0 Å². The number of hydrogen-bond acceptors (Lipinski definition) is 2. The molecule has 0 aliphatic carbocycles. The first-order valence-electron chi connectivity index (χ1n) is 8.06. The van der Waals surface area contributed by atoms with E-state index < -0.39 is 5.60 Å². The molecule has 1 fully saturated rings. The van der Waals surface area contributed by atoms with Crippen LogP contribution in [0.4, 0.5) is 0 Å². The molecule has 112 valence electrons. The largest absolute Gasteiger partial charge is 0.390 e. The lowest BCUT2D eigenvalue weighted by Gasteiger charge is -2.32. The van der Waals surface area contributed by atoms with Gasteiger partial charge in [-0.25, -0.2) is 0 Å². The molecule has 0 saturated carbocycles. The molecule has 0 radical (unpaired) electrons. The lowest BCUT2D eigenvalue weighted by Crippen LogP contribution is -2.41. The van der Waals surface area contributed by atoms with Gasteiger partial charge < -0.3 is 10.4 Å². The maximum Gasteiger partial charge on any atom is 0.0675 e. The van der Waals surface area contributed by atoms with Gasteiger partial charge in [-0.3, -0.25) is 0 Å². The molecule has 0 bridgehead atoms. The highest BCUT2D eigenvalue weighted by atomic mass is 16.3. The van der Waals surface area contributed by atoms with Crippen LogP contribution in [0, 0.1) is 0 Å². The van der Waals surface area contributed by atoms with E-state index in [0.717, 1.165) is 13.0 Å².